The minimum absolute atomic E-state index is 0.178. The summed E-state index contributed by atoms with van der Waals surface area (Å²) in [6.07, 6.45) is -11.2. The molecule has 1 saturated heterocycles. The van der Waals surface area contributed by atoms with Crippen molar-refractivity contribution in [1.82, 2.24) is 15.5 Å². The lowest BCUT2D eigenvalue weighted by atomic mass is 9.95. The van der Waals surface area contributed by atoms with E-state index in [1.165, 1.54) is 45.2 Å². The van der Waals surface area contributed by atoms with Crippen molar-refractivity contribution in [2.45, 2.75) is 68.8 Å². The van der Waals surface area contributed by atoms with Gasteiger partial charge in [-0.25, -0.2) is 8.42 Å². The molecule has 5 atom stereocenters. The highest BCUT2D eigenvalue weighted by Crippen LogP contribution is 2.40. The molecule has 0 bridgehead atoms. The van der Waals surface area contributed by atoms with Gasteiger partial charge in [0, 0.05) is 12.1 Å². The van der Waals surface area contributed by atoms with Crippen molar-refractivity contribution in [2.24, 2.45) is 11.8 Å². The SMILES string of the molecule is COc1ccc(C([C@@H]2C[C@@H](C(=O)N[C@H](C(=O)C(F)(F)F)C(C)C)N(C(=O)[C@H](C)NC(=O)C(F)(F)c3ccccc3C(F)(F)F)C2)[SH](=O)=O)cc1. The molecule has 1 aliphatic rings. The van der Waals surface area contributed by atoms with E-state index in [-0.39, 0.29) is 5.56 Å². The molecule has 50 heavy (non-hydrogen) atoms. The van der Waals surface area contributed by atoms with Crippen LogP contribution in [0.1, 0.15) is 49.1 Å². The summed E-state index contributed by atoms with van der Waals surface area (Å²) in [5.41, 5.74) is -3.35. The number of thiol groups is 1. The summed E-state index contributed by atoms with van der Waals surface area (Å²) in [4.78, 5) is 52.6. The molecule has 276 valence electrons. The average molecular weight is 744 g/mol. The molecule has 1 aliphatic heterocycles. The van der Waals surface area contributed by atoms with Crippen LogP contribution in [0.2, 0.25) is 0 Å². The number of carbonyl (C=O) groups is 4. The third kappa shape index (κ3) is 8.89. The normalized spacial score (nSPS) is 18.8. The van der Waals surface area contributed by atoms with Gasteiger partial charge in [-0.05, 0) is 48.9 Å². The number of ketones is 1. The number of alkyl halides is 8. The molecule has 2 aromatic rings. The quantitative estimate of drug-likeness (QED) is 0.220. The number of benzene rings is 2. The Bertz CT molecular complexity index is 1650. The molecule has 19 heteroatoms. The van der Waals surface area contributed by atoms with Crippen molar-refractivity contribution < 1.29 is 67.5 Å². The second-order valence-electron chi connectivity index (χ2n) is 11.9. The van der Waals surface area contributed by atoms with Gasteiger partial charge in [-0.2, -0.15) is 35.1 Å². The van der Waals surface area contributed by atoms with E-state index in [4.69, 9.17) is 4.74 Å². The summed E-state index contributed by atoms with van der Waals surface area (Å²) >= 11 is 0. The first-order chi connectivity index (χ1) is 23.0. The number of nitrogens with one attached hydrogen (secondary N) is 2. The largest absolute Gasteiger partial charge is 0.497 e. The van der Waals surface area contributed by atoms with Crippen LogP contribution in [0.3, 0.4) is 0 Å². The van der Waals surface area contributed by atoms with Crippen LogP contribution in [-0.2, 0) is 42.0 Å². The zero-order valence-corrected chi connectivity index (χ0v) is 27.7. The van der Waals surface area contributed by atoms with Gasteiger partial charge in [-0.15, -0.1) is 0 Å². The van der Waals surface area contributed by atoms with Crippen LogP contribution >= 0.6 is 0 Å². The highest BCUT2D eigenvalue weighted by Gasteiger charge is 2.51. The summed E-state index contributed by atoms with van der Waals surface area (Å²) in [6, 6.07) is 2.10. The van der Waals surface area contributed by atoms with Gasteiger partial charge in [0.25, 0.3) is 11.7 Å². The third-order valence-electron chi connectivity index (χ3n) is 8.15. The predicted octanol–water partition coefficient (Wildman–Crippen LogP) is 4.15. The molecular weight excluding hydrogens is 710 g/mol. The Balaban J connectivity index is 1.98. The first-order valence-electron chi connectivity index (χ1n) is 14.9. The van der Waals surface area contributed by atoms with Crippen molar-refractivity contribution in [2.75, 3.05) is 13.7 Å². The maximum atomic E-state index is 15.1. The number of carbonyl (C=O) groups excluding carboxylic acids is 4. The van der Waals surface area contributed by atoms with E-state index in [2.05, 4.69) is 0 Å². The number of amides is 3. The Morgan fingerprint density at radius 1 is 0.860 bits per heavy atom. The molecule has 2 aromatic carbocycles. The molecule has 2 N–H and O–H groups in total. The van der Waals surface area contributed by atoms with Gasteiger partial charge in [0.05, 0.1) is 24.0 Å². The second-order valence-corrected chi connectivity index (χ2v) is 13.0. The zero-order valence-electron chi connectivity index (χ0n) is 26.8. The molecule has 0 spiro atoms. The first kappa shape index (κ1) is 40.1. The topological polar surface area (TPSA) is 139 Å². The van der Waals surface area contributed by atoms with E-state index in [9.17, 15) is 53.9 Å². The van der Waals surface area contributed by atoms with Gasteiger partial charge in [0.15, 0.2) is 0 Å². The zero-order chi connectivity index (χ0) is 37.9. The Labute approximate surface area is 282 Å². The van der Waals surface area contributed by atoms with Crippen LogP contribution in [0.15, 0.2) is 48.5 Å². The average Bonchev–Trinajstić information content (AvgIpc) is 3.46. The fraction of sp³-hybridized carbons (Fsp3) is 0.484. The smallest absolute Gasteiger partial charge is 0.452 e. The Morgan fingerprint density at radius 2 is 1.42 bits per heavy atom. The fourth-order valence-corrected chi connectivity index (χ4v) is 6.62. The van der Waals surface area contributed by atoms with Crippen LogP contribution in [0.5, 0.6) is 5.75 Å². The van der Waals surface area contributed by atoms with Crippen molar-refractivity contribution in [3.8, 4) is 5.75 Å². The number of methoxy groups -OCH3 is 1. The van der Waals surface area contributed by atoms with Gasteiger partial charge in [0.2, 0.25) is 11.8 Å². The molecule has 0 aliphatic carbocycles. The number of nitrogens with zero attached hydrogens (tertiary/aromatic N) is 1. The maximum Gasteiger partial charge on any atom is 0.452 e. The Morgan fingerprint density at radius 3 is 1.90 bits per heavy atom. The third-order valence-corrected chi connectivity index (χ3v) is 9.32. The molecule has 0 aromatic heterocycles. The van der Waals surface area contributed by atoms with E-state index in [1.54, 1.807) is 5.32 Å². The summed E-state index contributed by atoms with van der Waals surface area (Å²) < 4.78 is 141. The maximum absolute atomic E-state index is 15.1. The monoisotopic (exact) mass is 743 g/mol. The molecule has 0 saturated carbocycles. The predicted molar refractivity (Wildman–Crippen MR) is 160 cm³/mol. The van der Waals surface area contributed by atoms with Crippen LogP contribution in [0.4, 0.5) is 35.1 Å². The van der Waals surface area contributed by atoms with Crippen molar-refractivity contribution in [1.29, 1.82) is 0 Å². The van der Waals surface area contributed by atoms with Crippen LogP contribution in [-0.4, -0.2) is 74.8 Å². The number of rotatable bonds is 12. The van der Waals surface area contributed by atoms with Crippen molar-refractivity contribution in [3.05, 3.63) is 65.2 Å². The minimum Gasteiger partial charge on any atom is -0.497 e. The van der Waals surface area contributed by atoms with Gasteiger partial charge in [-0.1, -0.05) is 44.2 Å². The van der Waals surface area contributed by atoms with Gasteiger partial charge >= 0.3 is 18.3 Å². The lowest BCUT2D eigenvalue weighted by Crippen LogP contribution is -2.57. The molecule has 0 radical (unpaired) electrons. The summed E-state index contributed by atoms with van der Waals surface area (Å²) in [6.45, 7) is 2.67. The highest BCUT2D eigenvalue weighted by atomic mass is 32.2. The lowest BCUT2D eigenvalue weighted by molar-refractivity contribution is -0.175. The molecule has 3 rings (SSSR count). The molecule has 1 heterocycles. The Hall–Kier alpha value is -4.29. The number of hydrogen-bond donors (Lipinski definition) is 3. The lowest BCUT2D eigenvalue weighted by Gasteiger charge is -2.30. The van der Waals surface area contributed by atoms with E-state index in [0.29, 0.717) is 22.8 Å². The van der Waals surface area contributed by atoms with E-state index in [1.807, 2.05) is 5.32 Å². The van der Waals surface area contributed by atoms with E-state index in [0.717, 1.165) is 19.1 Å². The van der Waals surface area contributed by atoms with Crippen molar-refractivity contribution >= 4 is 34.2 Å². The Kier molecular flexibility index (Phi) is 12.3. The number of ether oxygens (including phenoxy) is 1. The molecule has 10 nitrogen and oxygen atoms in total. The summed E-state index contributed by atoms with van der Waals surface area (Å²) in [5.74, 6) is -13.9. The van der Waals surface area contributed by atoms with Crippen LogP contribution < -0.4 is 15.4 Å². The fourth-order valence-electron chi connectivity index (χ4n) is 5.64. The van der Waals surface area contributed by atoms with Crippen LogP contribution in [0.25, 0.3) is 0 Å². The van der Waals surface area contributed by atoms with E-state index < -0.39 is 112 Å². The summed E-state index contributed by atoms with van der Waals surface area (Å²) in [5, 5.41) is 2.19. The number of hydrogen-bond acceptors (Lipinski definition) is 7. The van der Waals surface area contributed by atoms with Crippen LogP contribution in [0, 0.1) is 11.8 Å². The van der Waals surface area contributed by atoms with E-state index >= 15 is 8.78 Å². The van der Waals surface area contributed by atoms with Gasteiger partial charge in [-0.3, -0.25) is 19.2 Å². The number of likely N-dealkylation sites (tertiary alicyclic amines) is 1. The van der Waals surface area contributed by atoms with Crippen molar-refractivity contribution in [3.63, 3.8) is 0 Å². The highest BCUT2D eigenvalue weighted by molar-refractivity contribution is 7.72. The molecule has 1 fully saturated rings. The molecule has 3 amide bonds. The van der Waals surface area contributed by atoms with Gasteiger partial charge in [0.1, 0.15) is 28.5 Å². The number of halogens is 8. The minimum atomic E-state index is -5.37. The molecule has 1 unspecified atom stereocenters. The first-order valence-corrected chi connectivity index (χ1v) is 16.1. The molecular formula is C31H33F8N3O7S. The second kappa shape index (κ2) is 15.3. The standard InChI is InChI=1S/C31H33F8N3O7S/c1-15(2)23(25(43)31(37,38)39)41-26(44)22-13-18(24(50(47)48)17-9-11-19(49-4)12-10-17)14-42(22)27(45)16(3)40-28(46)29(32,33)20-7-5-6-8-21(20)30(34,35)36/h5-12,15-16,18,22-24,50H,13-14H2,1-4H3,(H,40,46)(H,41,44)/t16-,18+,22-,23-,24?/m0/s1. The van der Waals surface area contributed by atoms with Gasteiger partial charge < -0.3 is 20.3 Å². The summed E-state index contributed by atoms with van der Waals surface area (Å²) in [7, 11) is -2.00. The number of Topliss-reactive ketones (excluding diaryl/α,β-unsaturated/α-hetero) is 1.